The number of nitrogens with one attached hydrogen (secondary N) is 1. The Hall–Kier alpha value is -1.95. The topological polar surface area (TPSA) is 62.5 Å². The molecular weight excluding hydrogens is 304 g/mol. The number of aliphatic carboxylic acids is 1. The van der Waals surface area contributed by atoms with E-state index in [1.807, 2.05) is 24.3 Å². The number of benzene rings is 1. The molecule has 1 heterocycles. The van der Waals surface area contributed by atoms with Crippen molar-refractivity contribution in [3.63, 3.8) is 0 Å². The molecule has 23 heavy (non-hydrogen) atoms. The van der Waals surface area contributed by atoms with Crippen molar-refractivity contribution in [2.45, 2.75) is 44.2 Å². The molecule has 0 radical (unpaired) electrons. The molecule has 0 unspecified atom stereocenters. The molecule has 1 aromatic heterocycles. The lowest BCUT2D eigenvalue weighted by atomic mass is 10.0. The van der Waals surface area contributed by atoms with Crippen LogP contribution in [0, 0.1) is 5.92 Å². The third-order valence-electron chi connectivity index (χ3n) is 4.56. The molecule has 1 aromatic carbocycles. The van der Waals surface area contributed by atoms with E-state index in [-0.39, 0.29) is 25.7 Å². The number of rotatable bonds is 4. The molecule has 0 amide bonds. The maximum Gasteiger partial charge on any atom is 0.306 e. The van der Waals surface area contributed by atoms with E-state index in [1.54, 1.807) is 6.26 Å². The lowest BCUT2D eigenvalue weighted by Crippen LogP contribution is -2.43. The van der Waals surface area contributed by atoms with E-state index in [2.05, 4.69) is 5.32 Å². The highest BCUT2D eigenvalue weighted by molar-refractivity contribution is 5.77. The minimum Gasteiger partial charge on any atom is -0.481 e. The van der Waals surface area contributed by atoms with Crippen molar-refractivity contribution >= 4 is 16.9 Å². The van der Waals surface area contributed by atoms with Crippen LogP contribution in [-0.4, -0.2) is 23.0 Å². The zero-order valence-corrected chi connectivity index (χ0v) is 12.6. The first-order chi connectivity index (χ1) is 11.0. The van der Waals surface area contributed by atoms with Crippen LogP contribution in [0.5, 0.6) is 0 Å². The quantitative estimate of drug-likeness (QED) is 0.840. The van der Waals surface area contributed by atoms with E-state index in [9.17, 15) is 13.6 Å². The van der Waals surface area contributed by atoms with Gasteiger partial charge in [0.15, 0.2) is 0 Å². The lowest BCUT2D eigenvalue weighted by molar-refractivity contribution is -0.142. The largest absolute Gasteiger partial charge is 0.481 e. The maximum absolute atomic E-state index is 14.2. The summed E-state index contributed by atoms with van der Waals surface area (Å²) in [6, 6.07) is 6.40. The summed E-state index contributed by atoms with van der Waals surface area (Å²) in [5.74, 6) is -4.54. The van der Waals surface area contributed by atoms with Crippen molar-refractivity contribution in [1.82, 2.24) is 5.32 Å². The second-order valence-electron chi connectivity index (χ2n) is 6.14. The van der Waals surface area contributed by atoms with Crippen LogP contribution in [0.1, 0.15) is 31.2 Å². The Balaban J connectivity index is 1.66. The molecule has 124 valence electrons. The second-order valence-corrected chi connectivity index (χ2v) is 6.14. The fraction of sp³-hybridized carbons (Fsp3) is 0.471. The molecule has 0 spiro atoms. The summed E-state index contributed by atoms with van der Waals surface area (Å²) in [5.41, 5.74) is 1.66. The van der Waals surface area contributed by atoms with Crippen molar-refractivity contribution in [3.8, 4) is 0 Å². The standard InChI is InChI=1S/C17H19F2NO3/c18-17(19)7-5-12(16(21)22)2-4-15(17)20-10-11-1-3-14-13(9-11)6-8-23-14/h1,3,6,8-9,12,15,20H,2,4-5,7,10H2,(H,21,22)/t12-,15-/m1/s1. The Kier molecular flexibility index (Phi) is 4.35. The van der Waals surface area contributed by atoms with Crippen molar-refractivity contribution < 1.29 is 23.1 Å². The summed E-state index contributed by atoms with van der Waals surface area (Å²) in [5, 5.41) is 12.9. The minimum absolute atomic E-state index is 0.0293. The van der Waals surface area contributed by atoms with Crippen molar-refractivity contribution in [3.05, 3.63) is 36.1 Å². The van der Waals surface area contributed by atoms with E-state index in [0.717, 1.165) is 16.5 Å². The Bertz CT molecular complexity index is 698. The van der Waals surface area contributed by atoms with Crippen molar-refractivity contribution in [2.75, 3.05) is 0 Å². The second kappa shape index (κ2) is 6.28. The SMILES string of the molecule is O=C(O)[C@@H]1CC[C@@H](NCc2ccc3occc3c2)C(F)(F)CC1. The van der Waals surface area contributed by atoms with Gasteiger partial charge in [0.05, 0.1) is 18.2 Å². The van der Waals surface area contributed by atoms with Crippen molar-refractivity contribution in [1.29, 1.82) is 0 Å². The number of carbonyl (C=O) groups is 1. The van der Waals surface area contributed by atoms with Gasteiger partial charge in [0.25, 0.3) is 5.92 Å². The highest BCUT2D eigenvalue weighted by atomic mass is 19.3. The first kappa shape index (κ1) is 15.9. The molecule has 1 aliphatic rings. The van der Waals surface area contributed by atoms with Gasteiger partial charge < -0.3 is 14.8 Å². The van der Waals surface area contributed by atoms with E-state index >= 15 is 0 Å². The van der Waals surface area contributed by atoms with Gasteiger partial charge in [-0.1, -0.05) is 6.07 Å². The normalized spacial score (nSPS) is 24.4. The zero-order chi connectivity index (χ0) is 16.4. The van der Waals surface area contributed by atoms with Gasteiger partial charge >= 0.3 is 5.97 Å². The number of carboxylic acids is 1. The summed E-state index contributed by atoms with van der Waals surface area (Å²) in [4.78, 5) is 11.0. The van der Waals surface area contributed by atoms with Crippen molar-refractivity contribution in [2.24, 2.45) is 5.92 Å². The van der Waals surface area contributed by atoms with Gasteiger partial charge in [-0.05, 0) is 43.0 Å². The Morgan fingerprint density at radius 1 is 1.30 bits per heavy atom. The lowest BCUT2D eigenvalue weighted by Gasteiger charge is -2.25. The molecule has 2 atom stereocenters. The number of halogens is 2. The van der Waals surface area contributed by atoms with Gasteiger partial charge in [0, 0.05) is 18.4 Å². The van der Waals surface area contributed by atoms with Crippen LogP contribution in [-0.2, 0) is 11.3 Å². The van der Waals surface area contributed by atoms with E-state index in [0.29, 0.717) is 6.54 Å². The van der Waals surface area contributed by atoms with Crippen LogP contribution in [0.3, 0.4) is 0 Å². The first-order valence-electron chi connectivity index (χ1n) is 7.76. The smallest absolute Gasteiger partial charge is 0.306 e. The number of alkyl halides is 2. The van der Waals surface area contributed by atoms with Crippen LogP contribution < -0.4 is 5.32 Å². The summed E-state index contributed by atoms with van der Waals surface area (Å²) in [6.45, 7) is 0.319. The van der Waals surface area contributed by atoms with Crippen LogP contribution >= 0.6 is 0 Å². The minimum atomic E-state index is -2.88. The molecule has 2 aromatic rings. The Labute approximate surface area is 132 Å². The molecule has 0 saturated heterocycles. The van der Waals surface area contributed by atoms with Gasteiger partial charge in [0.1, 0.15) is 5.58 Å². The van der Waals surface area contributed by atoms with Crippen LogP contribution in [0.25, 0.3) is 11.0 Å². The molecule has 1 fully saturated rings. The fourth-order valence-corrected chi connectivity index (χ4v) is 3.13. The van der Waals surface area contributed by atoms with Gasteiger partial charge in [-0.3, -0.25) is 4.79 Å². The predicted octanol–water partition coefficient (Wildman–Crippen LogP) is 3.80. The number of hydrogen-bond donors (Lipinski definition) is 2. The molecule has 2 N–H and O–H groups in total. The molecule has 6 heteroatoms. The summed E-state index contributed by atoms with van der Waals surface area (Å²) in [7, 11) is 0. The van der Waals surface area contributed by atoms with E-state index in [4.69, 9.17) is 9.52 Å². The first-order valence-corrected chi connectivity index (χ1v) is 7.76. The third kappa shape index (κ3) is 3.52. The highest BCUT2D eigenvalue weighted by Gasteiger charge is 2.42. The number of furan rings is 1. The third-order valence-corrected chi connectivity index (χ3v) is 4.56. The van der Waals surface area contributed by atoms with Gasteiger partial charge in [-0.15, -0.1) is 0 Å². The molecule has 1 saturated carbocycles. The predicted molar refractivity (Wildman–Crippen MR) is 81.4 cm³/mol. The van der Waals surface area contributed by atoms with Gasteiger partial charge in [-0.25, -0.2) is 8.78 Å². The monoisotopic (exact) mass is 323 g/mol. The average Bonchev–Trinajstić information content (AvgIpc) is 2.90. The molecule has 4 nitrogen and oxygen atoms in total. The molecule has 0 bridgehead atoms. The van der Waals surface area contributed by atoms with Crippen LogP contribution in [0.4, 0.5) is 8.78 Å². The summed E-state index contributed by atoms with van der Waals surface area (Å²) in [6.07, 6.45) is 1.68. The average molecular weight is 323 g/mol. The molecule has 3 rings (SSSR count). The van der Waals surface area contributed by atoms with Crippen LogP contribution in [0.15, 0.2) is 34.9 Å². The maximum atomic E-state index is 14.2. The number of hydrogen-bond acceptors (Lipinski definition) is 3. The van der Waals surface area contributed by atoms with E-state index in [1.165, 1.54) is 0 Å². The summed E-state index contributed by atoms with van der Waals surface area (Å²) < 4.78 is 33.7. The fourth-order valence-electron chi connectivity index (χ4n) is 3.13. The number of carboxylic acid groups (broad SMARTS) is 1. The van der Waals surface area contributed by atoms with Gasteiger partial charge in [0.2, 0.25) is 0 Å². The van der Waals surface area contributed by atoms with Gasteiger partial charge in [-0.2, -0.15) is 0 Å². The Morgan fingerprint density at radius 2 is 2.13 bits per heavy atom. The highest BCUT2D eigenvalue weighted by Crippen LogP contribution is 2.35. The zero-order valence-electron chi connectivity index (χ0n) is 12.6. The van der Waals surface area contributed by atoms with Crippen LogP contribution in [0.2, 0.25) is 0 Å². The molecular formula is C17H19F2NO3. The Morgan fingerprint density at radius 3 is 2.91 bits per heavy atom. The summed E-state index contributed by atoms with van der Waals surface area (Å²) >= 11 is 0. The molecule has 0 aliphatic heterocycles. The number of fused-ring (bicyclic) bond motifs is 1. The molecule has 1 aliphatic carbocycles. The van der Waals surface area contributed by atoms with E-state index < -0.39 is 23.9 Å².